The highest BCUT2D eigenvalue weighted by atomic mass is 35.5. The summed E-state index contributed by atoms with van der Waals surface area (Å²) in [5.41, 5.74) is 2.52. The van der Waals surface area contributed by atoms with Crippen molar-refractivity contribution in [1.82, 2.24) is 14.8 Å². The van der Waals surface area contributed by atoms with Crippen LogP contribution in [0.1, 0.15) is 31.2 Å². The number of halogens is 1. The van der Waals surface area contributed by atoms with Crippen molar-refractivity contribution in [3.8, 4) is 0 Å². The molecule has 0 bridgehead atoms. The van der Waals surface area contributed by atoms with Gasteiger partial charge in [0.2, 0.25) is 11.8 Å². The van der Waals surface area contributed by atoms with Crippen molar-refractivity contribution in [2.75, 3.05) is 16.4 Å². The molecule has 0 fully saturated rings. The number of aromatic nitrogens is 3. The second-order valence-electron chi connectivity index (χ2n) is 7.28. The molecule has 2 N–H and O–H groups in total. The van der Waals surface area contributed by atoms with E-state index in [0.717, 1.165) is 5.69 Å². The SMILES string of the molecule is CC(C)c1ccc(NC(=O)CSc2nnc(CC(=O)Nc3ccccc3Cl)n2C)cc1. The molecule has 162 valence electrons. The van der Waals surface area contributed by atoms with Gasteiger partial charge in [-0.1, -0.05) is 61.5 Å². The van der Waals surface area contributed by atoms with Gasteiger partial charge in [0.1, 0.15) is 5.82 Å². The maximum atomic E-state index is 12.3. The minimum Gasteiger partial charge on any atom is -0.325 e. The van der Waals surface area contributed by atoms with Gasteiger partial charge < -0.3 is 15.2 Å². The maximum absolute atomic E-state index is 12.3. The first kappa shape index (κ1) is 22.8. The van der Waals surface area contributed by atoms with Gasteiger partial charge in [-0.25, -0.2) is 0 Å². The molecule has 9 heteroatoms. The molecule has 3 aromatic rings. The first-order valence-electron chi connectivity index (χ1n) is 9.78. The summed E-state index contributed by atoms with van der Waals surface area (Å²) in [6.07, 6.45) is 0.0453. The van der Waals surface area contributed by atoms with Crippen LogP contribution >= 0.6 is 23.4 Å². The number of hydrogen-bond donors (Lipinski definition) is 2. The summed E-state index contributed by atoms with van der Waals surface area (Å²) < 4.78 is 1.71. The van der Waals surface area contributed by atoms with Gasteiger partial charge in [0.15, 0.2) is 5.16 Å². The van der Waals surface area contributed by atoms with Crippen LogP contribution in [0.4, 0.5) is 11.4 Å². The van der Waals surface area contributed by atoms with E-state index in [1.165, 1.54) is 17.3 Å². The van der Waals surface area contributed by atoms with Gasteiger partial charge in [-0.2, -0.15) is 0 Å². The van der Waals surface area contributed by atoms with Crippen molar-refractivity contribution < 1.29 is 9.59 Å². The molecule has 7 nitrogen and oxygen atoms in total. The van der Waals surface area contributed by atoms with E-state index in [-0.39, 0.29) is 24.0 Å². The molecule has 0 aliphatic rings. The molecule has 0 unspecified atom stereocenters. The average molecular weight is 458 g/mol. The van der Waals surface area contributed by atoms with Gasteiger partial charge in [-0.3, -0.25) is 9.59 Å². The van der Waals surface area contributed by atoms with E-state index in [9.17, 15) is 9.59 Å². The van der Waals surface area contributed by atoms with Crippen molar-refractivity contribution in [3.05, 3.63) is 64.9 Å². The number of amides is 2. The van der Waals surface area contributed by atoms with Gasteiger partial charge in [0, 0.05) is 12.7 Å². The Bertz CT molecular complexity index is 1070. The summed E-state index contributed by atoms with van der Waals surface area (Å²) in [4.78, 5) is 24.6. The van der Waals surface area contributed by atoms with Gasteiger partial charge in [0.05, 0.1) is 22.9 Å². The molecule has 0 spiro atoms. The van der Waals surface area contributed by atoms with Gasteiger partial charge in [-0.15, -0.1) is 10.2 Å². The number of nitrogens with one attached hydrogen (secondary N) is 2. The van der Waals surface area contributed by atoms with Crippen molar-refractivity contribution in [3.63, 3.8) is 0 Å². The molecular formula is C22H24ClN5O2S. The van der Waals surface area contributed by atoms with Crippen molar-refractivity contribution in [2.45, 2.75) is 31.3 Å². The lowest BCUT2D eigenvalue weighted by Gasteiger charge is -2.08. The molecule has 0 radical (unpaired) electrons. The third-order valence-electron chi connectivity index (χ3n) is 4.59. The fourth-order valence-electron chi connectivity index (χ4n) is 2.80. The van der Waals surface area contributed by atoms with Crippen LogP contribution in [0.3, 0.4) is 0 Å². The molecule has 0 aliphatic carbocycles. The number of rotatable bonds is 8. The molecule has 0 saturated heterocycles. The van der Waals surface area contributed by atoms with E-state index in [1.807, 2.05) is 24.3 Å². The maximum Gasteiger partial charge on any atom is 0.234 e. The molecule has 0 aliphatic heterocycles. The topological polar surface area (TPSA) is 88.9 Å². The molecule has 3 rings (SSSR count). The Morgan fingerprint density at radius 2 is 1.74 bits per heavy atom. The summed E-state index contributed by atoms with van der Waals surface area (Å²) in [6.45, 7) is 4.25. The highest BCUT2D eigenvalue weighted by Gasteiger charge is 2.15. The molecule has 0 saturated carbocycles. The second-order valence-corrected chi connectivity index (χ2v) is 8.63. The molecular weight excluding hydrogens is 434 g/mol. The van der Waals surface area contributed by atoms with Crippen LogP contribution in [0.5, 0.6) is 0 Å². The van der Waals surface area contributed by atoms with E-state index in [0.29, 0.717) is 27.6 Å². The largest absolute Gasteiger partial charge is 0.325 e. The minimum atomic E-state index is -0.247. The van der Waals surface area contributed by atoms with Crippen molar-refractivity contribution >= 4 is 46.6 Å². The Labute approximate surface area is 190 Å². The average Bonchev–Trinajstić information content (AvgIpc) is 3.08. The van der Waals surface area contributed by atoms with Crippen molar-refractivity contribution in [1.29, 1.82) is 0 Å². The number of nitrogens with zero attached hydrogens (tertiary/aromatic N) is 3. The third-order valence-corrected chi connectivity index (χ3v) is 5.93. The molecule has 1 heterocycles. The second kappa shape index (κ2) is 10.5. The number of thioether (sulfide) groups is 1. The molecule has 0 atom stereocenters. The zero-order chi connectivity index (χ0) is 22.4. The van der Waals surface area contributed by atoms with Gasteiger partial charge in [0.25, 0.3) is 0 Å². The van der Waals surface area contributed by atoms with Crippen LogP contribution in [0.15, 0.2) is 53.7 Å². The summed E-state index contributed by atoms with van der Waals surface area (Å²) in [6, 6.07) is 14.8. The number of benzene rings is 2. The standard InChI is InChI=1S/C22H24ClN5O2S/c1-14(2)15-8-10-16(11-9-15)24-21(30)13-31-22-27-26-19(28(22)3)12-20(29)25-18-7-5-4-6-17(18)23/h4-11,14H,12-13H2,1-3H3,(H,24,30)(H,25,29). The lowest BCUT2D eigenvalue weighted by molar-refractivity contribution is -0.116. The number of carbonyl (C=O) groups excluding carboxylic acids is 2. The zero-order valence-electron chi connectivity index (χ0n) is 17.6. The Morgan fingerprint density at radius 3 is 2.42 bits per heavy atom. The number of para-hydroxylation sites is 1. The van der Waals surface area contributed by atoms with E-state index in [2.05, 4.69) is 34.7 Å². The van der Waals surface area contributed by atoms with E-state index >= 15 is 0 Å². The first-order valence-corrected chi connectivity index (χ1v) is 11.1. The fraction of sp³-hybridized carbons (Fsp3) is 0.273. The van der Waals surface area contributed by atoms with E-state index in [1.54, 1.807) is 35.9 Å². The Morgan fingerprint density at radius 1 is 1.03 bits per heavy atom. The summed E-state index contributed by atoms with van der Waals surface area (Å²) >= 11 is 7.33. The molecule has 2 amide bonds. The Hall–Kier alpha value is -2.84. The highest BCUT2D eigenvalue weighted by molar-refractivity contribution is 7.99. The zero-order valence-corrected chi connectivity index (χ0v) is 19.1. The van der Waals surface area contributed by atoms with Crippen molar-refractivity contribution in [2.24, 2.45) is 7.05 Å². The Kier molecular flexibility index (Phi) is 7.70. The van der Waals surface area contributed by atoms with Crippen LogP contribution < -0.4 is 10.6 Å². The van der Waals surface area contributed by atoms with Crippen LogP contribution in [0.25, 0.3) is 0 Å². The van der Waals surface area contributed by atoms with Crippen LogP contribution in [0, 0.1) is 0 Å². The van der Waals surface area contributed by atoms with Crippen LogP contribution in [-0.4, -0.2) is 32.3 Å². The molecule has 1 aromatic heterocycles. The third kappa shape index (κ3) is 6.32. The quantitative estimate of drug-likeness (QED) is 0.486. The lowest BCUT2D eigenvalue weighted by atomic mass is 10.0. The fourth-order valence-corrected chi connectivity index (χ4v) is 3.72. The predicted molar refractivity (Wildman–Crippen MR) is 125 cm³/mol. The number of carbonyl (C=O) groups is 2. The summed E-state index contributed by atoms with van der Waals surface area (Å²) in [5.74, 6) is 0.740. The predicted octanol–water partition coefficient (Wildman–Crippen LogP) is 4.50. The number of anilines is 2. The number of hydrogen-bond acceptors (Lipinski definition) is 5. The monoisotopic (exact) mass is 457 g/mol. The summed E-state index contributed by atoms with van der Waals surface area (Å²) in [5, 5.41) is 14.8. The van der Waals surface area contributed by atoms with Gasteiger partial charge in [-0.05, 0) is 35.7 Å². The smallest absolute Gasteiger partial charge is 0.234 e. The van der Waals surface area contributed by atoms with Gasteiger partial charge >= 0.3 is 0 Å². The molecule has 31 heavy (non-hydrogen) atoms. The van der Waals surface area contributed by atoms with Crippen LogP contribution in [0.2, 0.25) is 5.02 Å². The highest BCUT2D eigenvalue weighted by Crippen LogP contribution is 2.21. The summed E-state index contributed by atoms with van der Waals surface area (Å²) in [7, 11) is 1.77. The normalized spacial score (nSPS) is 10.9. The minimum absolute atomic E-state index is 0.0453. The lowest BCUT2D eigenvalue weighted by Crippen LogP contribution is -2.17. The van der Waals surface area contributed by atoms with E-state index in [4.69, 9.17) is 11.6 Å². The first-order chi connectivity index (χ1) is 14.8. The van der Waals surface area contributed by atoms with E-state index < -0.39 is 0 Å². The molecule has 2 aromatic carbocycles. The Balaban J connectivity index is 1.52. The van der Waals surface area contributed by atoms with Crippen LogP contribution in [-0.2, 0) is 23.1 Å².